The van der Waals surface area contributed by atoms with Crippen LogP contribution in [0, 0.1) is 0 Å². The third-order valence-corrected chi connectivity index (χ3v) is 3.89. The van der Waals surface area contributed by atoms with Gasteiger partial charge < -0.3 is 11.5 Å². The van der Waals surface area contributed by atoms with E-state index in [1.165, 1.54) is 0 Å². The van der Waals surface area contributed by atoms with Crippen molar-refractivity contribution in [1.82, 2.24) is 4.90 Å². The van der Waals surface area contributed by atoms with Gasteiger partial charge in [0.1, 0.15) is 0 Å². The second-order valence-corrected chi connectivity index (χ2v) is 5.80. The lowest BCUT2D eigenvalue weighted by atomic mass is 10.1. The molecule has 0 aliphatic rings. The zero-order chi connectivity index (χ0) is 17.4. The highest BCUT2D eigenvalue weighted by molar-refractivity contribution is 5.81. The van der Waals surface area contributed by atoms with E-state index in [0.29, 0.717) is 19.5 Å². The van der Waals surface area contributed by atoms with Crippen LogP contribution in [-0.2, 0) is 22.7 Å². The van der Waals surface area contributed by atoms with Crippen molar-refractivity contribution in [3.05, 3.63) is 71.8 Å². The normalized spacial score (nSPS) is 12.0. The summed E-state index contributed by atoms with van der Waals surface area (Å²) in [6.45, 7) is 1.14. The molecule has 126 valence electrons. The van der Waals surface area contributed by atoms with Crippen LogP contribution in [-0.4, -0.2) is 22.8 Å². The first-order valence-corrected chi connectivity index (χ1v) is 7.96. The topological polar surface area (TPSA) is 89.4 Å². The van der Waals surface area contributed by atoms with Crippen molar-refractivity contribution >= 4 is 11.8 Å². The number of hydrogen-bond acceptors (Lipinski definition) is 3. The van der Waals surface area contributed by atoms with E-state index >= 15 is 0 Å². The maximum Gasteiger partial charge on any atom is 0.234 e. The number of benzene rings is 2. The minimum absolute atomic E-state index is 0.133. The highest BCUT2D eigenvalue weighted by atomic mass is 16.2. The third kappa shape index (κ3) is 5.52. The van der Waals surface area contributed by atoms with Gasteiger partial charge in [0.25, 0.3) is 0 Å². The van der Waals surface area contributed by atoms with Gasteiger partial charge >= 0.3 is 0 Å². The number of primary amides is 2. The van der Waals surface area contributed by atoms with Crippen molar-refractivity contribution < 1.29 is 9.59 Å². The van der Waals surface area contributed by atoms with Crippen LogP contribution in [0.25, 0.3) is 0 Å². The quantitative estimate of drug-likeness (QED) is 0.737. The number of carbonyl (C=O) groups is 2. The molecule has 0 saturated carbocycles. The van der Waals surface area contributed by atoms with E-state index in [0.717, 1.165) is 11.1 Å². The standard InChI is InChI=1S/C19H23N3O2/c20-18(23)12-11-17(19(21)24)22(13-15-7-3-1-4-8-15)14-16-9-5-2-6-10-16/h1-10,17H,11-14H2,(H2,20,23)(H2,21,24)/t17-/m1/s1. The maximum atomic E-state index is 12.0. The van der Waals surface area contributed by atoms with Gasteiger partial charge in [0, 0.05) is 19.5 Å². The van der Waals surface area contributed by atoms with Gasteiger partial charge in [0.2, 0.25) is 11.8 Å². The smallest absolute Gasteiger partial charge is 0.234 e. The van der Waals surface area contributed by atoms with Crippen molar-refractivity contribution in [2.75, 3.05) is 0 Å². The number of rotatable bonds is 9. The van der Waals surface area contributed by atoms with Crippen LogP contribution in [0.2, 0.25) is 0 Å². The van der Waals surface area contributed by atoms with Gasteiger partial charge in [0.05, 0.1) is 6.04 Å². The van der Waals surface area contributed by atoms with Gasteiger partial charge in [0.15, 0.2) is 0 Å². The molecule has 0 heterocycles. The fourth-order valence-electron chi connectivity index (χ4n) is 2.70. The van der Waals surface area contributed by atoms with E-state index in [1.54, 1.807) is 0 Å². The lowest BCUT2D eigenvalue weighted by molar-refractivity contribution is -0.124. The number of hydrogen-bond donors (Lipinski definition) is 2. The summed E-state index contributed by atoms with van der Waals surface area (Å²) in [5.74, 6) is -0.872. The van der Waals surface area contributed by atoms with Crippen LogP contribution < -0.4 is 11.5 Å². The second-order valence-electron chi connectivity index (χ2n) is 5.80. The molecule has 5 nitrogen and oxygen atoms in total. The zero-order valence-electron chi connectivity index (χ0n) is 13.6. The molecule has 5 heteroatoms. The largest absolute Gasteiger partial charge is 0.370 e. The van der Waals surface area contributed by atoms with Gasteiger partial charge in [-0.3, -0.25) is 14.5 Å². The molecule has 2 aromatic rings. The Morgan fingerprint density at radius 2 is 1.29 bits per heavy atom. The molecule has 2 amide bonds. The molecular formula is C19H23N3O2. The molecule has 0 bridgehead atoms. The van der Waals surface area contributed by atoms with Crippen LogP contribution in [0.1, 0.15) is 24.0 Å². The summed E-state index contributed by atoms with van der Waals surface area (Å²) in [4.78, 5) is 25.1. The van der Waals surface area contributed by atoms with Crippen LogP contribution >= 0.6 is 0 Å². The Morgan fingerprint density at radius 1 is 0.833 bits per heavy atom. The fraction of sp³-hybridized carbons (Fsp3) is 0.263. The Labute approximate surface area is 142 Å². The zero-order valence-corrected chi connectivity index (χ0v) is 13.6. The predicted octanol–water partition coefficient (Wildman–Crippen LogP) is 1.81. The summed E-state index contributed by atoms with van der Waals surface area (Å²) in [6.07, 6.45) is 0.456. The summed E-state index contributed by atoms with van der Waals surface area (Å²) in [7, 11) is 0. The Hall–Kier alpha value is -2.66. The Morgan fingerprint density at radius 3 is 1.67 bits per heavy atom. The predicted molar refractivity (Wildman–Crippen MR) is 93.5 cm³/mol. The van der Waals surface area contributed by atoms with E-state index < -0.39 is 17.9 Å². The summed E-state index contributed by atoms with van der Waals surface area (Å²) >= 11 is 0. The summed E-state index contributed by atoms with van der Waals surface area (Å²) < 4.78 is 0. The maximum absolute atomic E-state index is 12.0. The van der Waals surface area contributed by atoms with E-state index in [-0.39, 0.29) is 6.42 Å². The molecule has 0 aliphatic carbocycles. The Bertz CT molecular complexity index is 617. The minimum atomic E-state index is -0.544. The first-order valence-electron chi connectivity index (χ1n) is 7.96. The van der Waals surface area contributed by atoms with Crippen molar-refractivity contribution in [2.24, 2.45) is 11.5 Å². The van der Waals surface area contributed by atoms with Crippen molar-refractivity contribution in [3.63, 3.8) is 0 Å². The van der Waals surface area contributed by atoms with E-state index in [2.05, 4.69) is 0 Å². The Balaban J connectivity index is 2.21. The van der Waals surface area contributed by atoms with Crippen LogP contribution in [0.15, 0.2) is 60.7 Å². The number of nitrogens with two attached hydrogens (primary N) is 2. The molecule has 0 fully saturated rings. The molecule has 2 rings (SSSR count). The van der Waals surface area contributed by atoms with E-state index in [1.807, 2.05) is 65.6 Å². The van der Waals surface area contributed by atoms with Gasteiger partial charge in [-0.2, -0.15) is 0 Å². The molecule has 0 spiro atoms. The van der Waals surface area contributed by atoms with E-state index in [9.17, 15) is 9.59 Å². The fourth-order valence-corrected chi connectivity index (χ4v) is 2.70. The summed E-state index contributed by atoms with van der Waals surface area (Å²) in [6, 6.07) is 19.2. The summed E-state index contributed by atoms with van der Waals surface area (Å²) in [5.41, 5.74) is 13.0. The Kier molecular flexibility index (Phi) is 6.51. The number of carbonyl (C=O) groups excluding carboxylic acids is 2. The second kappa shape index (κ2) is 8.84. The molecular weight excluding hydrogens is 302 g/mol. The average Bonchev–Trinajstić information content (AvgIpc) is 2.56. The first kappa shape index (κ1) is 17.7. The van der Waals surface area contributed by atoms with Gasteiger partial charge in [-0.05, 0) is 17.5 Å². The molecule has 0 saturated heterocycles. The average molecular weight is 325 g/mol. The first-order chi connectivity index (χ1) is 11.6. The lowest BCUT2D eigenvalue weighted by Crippen LogP contribution is -2.44. The molecule has 2 aromatic carbocycles. The highest BCUT2D eigenvalue weighted by Crippen LogP contribution is 2.16. The van der Waals surface area contributed by atoms with Crippen molar-refractivity contribution in [1.29, 1.82) is 0 Å². The molecule has 0 aliphatic heterocycles. The molecule has 0 unspecified atom stereocenters. The molecule has 24 heavy (non-hydrogen) atoms. The van der Waals surface area contributed by atoms with Crippen LogP contribution in [0.4, 0.5) is 0 Å². The van der Waals surface area contributed by atoms with Gasteiger partial charge in [-0.15, -0.1) is 0 Å². The van der Waals surface area contributed by atoms with Crippen molar-refractivity contribution in [2.45, 2.75) is 32.0 Å². The number of nitrogens with zero attached hydrogens (tertiary/aromatic N) is 1. The van der Waals surface area contributed by atoms with Crippen LogP contribution in [0.3, 0.4) is 0 Å². The molecule has 0 radical (unpaired) electrons. The van der Waals surface area contributed by atoms with Gasteiger partial charge in [-0.25, -0.2) is 0 Å². The SMILES string of the molecule is NC(=O)CC[C@H](C(N)=O)N(Cc1ccccc1)Cc1ccccc1. The van der Waals surface area contributed by atoms with E-state index in [4.69, 9.17) is 11.5 Å². The van der Waals surface area contributed by atoms with Crippen molar-refractivity contribution in [3.8, 4) is 0 Å². The monoisotopic (exact) mass is 325 g/mol. The minimum Gasteiger partial charge on any atom is -0.370 e. The molecule has 0 aromatic heterocycles. The third-order valence-electron chi connectivity index (χ3n) is 3.89. The van der Waals surface area contributed by atoms with Gasteiger partial charge in [-0.1, -0.05) is 60.7 Å². The lowest BCUT2D eigenvalue weighted by Gasteiger charge is -2.29. The number of amides is 2. The molecule has 1 atom stereocenters. The highest BCUT2D eigenvalue weighted by Gasteiger charge is 2.24. The molecule has 4 N–H and O–H groups in total. The summed E-state index contributed by atoms with van der Waals surface area (Å²) in [5, 5.41) is 0. The van der Waals surface area contributed by atoms with Crippen LogP contribution in [0.5, 0.6) is 0 Å².